The van der Waals surface area contributed by atoms with E-state index in [-0.39, 0.29) is 0 Å². The van der Waals surface area contributed by atoms with Gasteiger partial charge in [0.05, 0.1) is 10.4 Å². The Balaban J connectivity index is 1.88. The third kappa shape index (κ3) is 2.61. The molecule has 0 aliphatic carbocycles. The highest BCUT2D eigenvalue weighted by Crippen LogP contribution is 2.37. The zero-order valence-electron chi connectivity index (χ0n) is 10.9. The van der Waals surface area contributed by atoms with Crippen LogP contribution in [0.4, 0.5) is 0 Å². The van der Waals surface area contributed by atoms with Crippen molar-refractivity contribution >= 4 is 61.5 Å². The van der Waals surface area contributed by atoms with Crippen LogP contribution in [0.2, 0.25) is 5.15 Å². The van der Waals surface area contributed by atoms with Gasteiger partial charge in [-0.25, -0.2) is 9.97 Å². The Morgan fingerprint density at radius 3 is 2.95 bits per heavy atom. The summed E-state index contributed by atoms with van der Waals surface area (Å²) >= 11 is 13.6. The molecule has 3 heterocycles. The van der Waals surface area contributed by atoms with Crippen LogP contribution < -0.4 is 0 Å². The second-order valence-electron chi connectivity index (χ2n) is 4.86. The normalized spacial score (nSPS) is 14.4. The average Bonchev–Trinajstić information content (AvgIpc) is 2.90. The van der Waals surface area contributed by atoms with Gasteiger partial charge in [0.15, 0.2) is 5.82 Å². The third-order valence-corrected chi connectivity index (χ3v) is 6.48. The number of aryl methyl sites for hydroxylation is 1. The maximum Gasteiger partial charge on any atom is 0.171 e. The van der Waals surface area contributed by atoms with Crippen LogP contribution in [-0.4, -0.2) is 15.7 Å². The SMILES string of the molecule is Clc1nc(-c2cc3c(s2)CCSC3)nc2cc(Br)ccc12. The molecule has 106 valence electrons. The van der Waals surface area contributed by atoms with Crippen LogP contribution in [0.5, 0.6) is 0 Å². The van der Waals surface area contributed by atoms with Crippen LogP contribution >= 0.6 is 50.6 Å². The molecule has 2 nitrogen and oxygen atoms in total. The van der Waals surface area contributed by atoms with E-state index in [0.717, 1.165) is 38.3 Å². The topological polar surface area (TPSA) is 25.8 Å². The minimum absolute atomic E-state index is 0.517. The van der Waals surface area contributed by atoms with Crippen molar-refractivity contribution in [3.05, 3.63) is 44.3 Å². The van der Waals surface area contributed by atoms with Gasteiger partial charge in [0, 0.05) is 20.5 Å². The van der Waals surface area contributed by atoms with Crippen LogP contribution in [0.1, 0.15) is 10.4 Å². The van der Waals surface area contributed by atoms with Crippen LogP contribution in [-0.2, 0) is 12.2 Å². The number of hydrogen-bond acceptors (Lipinski definition) is 4. The summed E-state index contributed by atoms with van der Waals surface area (Å²) in [5.41, 5.74) is 2.31. The fourth-order valence-electron chi connectivity index (χ4n) is 2.43. The number of rotatable bonds is 1. The van der Waals surface area contributed by atoms with Crippen molar-refractivity contribution in [3.8, 4) is 10.7 Å². The van der Waals surface area contributed by atoms with Gasteiger partial charge in [-0.15, -0.1) is 11.3 Å². The van der Waals surface area contributed by atoms with Gasteiger partial charge < -0.3 is 0 Å². The zero-order valence-corrected chi connectivity index (χ0v) is 14.9. The lowest BCUT2D eigenvalue weighted by atomic mass is 10.2. The Morgan fingerprint density at radius 2 is 2.10 bits per heavy atom. The Hall–Kier alpha value is -0.620. The number of thiophene rings is 1. The molecule has 0 spiro atoms. The summed E-state index contributed by atoms with van der Waals surface area (Å²) in [6, 6.07) is 8.11. The van der Waals surface area contributed by atoms with Crippen LogP contribution in [0, 0.1) is 0 Å². The molecule has 4 rings (SSSR count). The summed E-state index contributed by atoms with van der Waals surface area (Å²) in [4.78, 5) is 11.8. The van der Waals surface area contributed by atoms with E-state index in [0.29, 0.717) is 5.15 Å². The third-order valence-electron chi connectivity index (χ3n) is 3.46. The summed E-state index contributed by atoms with van der Waals surface area (Å²) in [5, 5.41) is 1.41. The number of thioether (sulfide) groups is 1. The summed E-state index contributed by atoms with van der Waals surface area (Å²) in [6.07, 6.45) is 1.15. The molecule has 0 N–H and O–H groups in total. The molecule has 0 saturated carbocycles. The number of hydrogen-bond donors (Lipinski definition) is 0. The number of fused-ring (bicyclic) bond motifs is 2. The smallest absolute Gasteiger partial charge is 0.171 e. The monoisotopic (exact) mass is 396 g/mol. The second-order valence-corrected chi connectivity index (χ2v) is 8.38. The van der Waals surface area contributed by atoms with Gasteiger partial charge in [-0.05, 0) is 42.0 Å². The lowest BCUT2D eigenvalue weighted by Gasteiger charge is -2.08. The molecule has 0 radical (unpaired) electrons. The first-order valence-corrected chi connectivity index (χ1v) is 9.67. The van der Waals surface area contributed by atoms with Crippen molar-refractivity contribution in [2.45, 2.75) is 12.2 Å². The summed E-state index contributed by atoms with van der Waals surface area (Å²) < 4.78 is 0.998. The van der Waals surface area contributed by atoms with Gasteiger partial charge in [-0.2, -0.15) is 11.8 Å². The van der Waals surface area contributed by atoms with Gasteiger partial charge in [-0.3, -0.25) is 0 Å². The highest BCUT2D eigenvalue weighted by Gasteiger charge is 2.17. The van der Waals surface area contributed by atoms with E-state index in [1.165, 1.54) is 16.2 Å². The highest BCUT2D eigenvalue weighted by molar-refractivity contribution is 9.10. The second kappa shape index (κ2) is 5.54. The standard InChI is InChI=1S/C15H10BrClN2S2/c16-9-1-2-10-11(6-9)18-15(19-14(10)17)13-5-8-7-20-4-3-12(8)21-13/h1-2,5-6H,3-4,7H2. The van der Waals surface area contributed by atoms with Crippen LogP contribution in [0.3, 0.4) is 0 Å². The molecule has 0 bridgehead atoms. The van der Waals surface area contributed by atoms with E-state index in [1.807, 2.05) is 30.0 Å². The Labute approximate surface area is 144 Å². The van der Waals surface area contributed by atoms with Gasteiger partial charge in [0.1, 0.15) is 5.15 Å². The molecule has 21 heavy (non-hydrogen) atoms. The van der Waals surface area contributed by atoms with Gasteiger partial charge in [-0.1, -0.05) is 27.5 Å². The number of aromatic nitrogens is 2. The van der Waals surface area contributed by atoms with Crippen molar-refractivity contribution in [3.63, 3.8) is 0 Å². The number of halogens is 2. The summed E-state index contributed by atoms with van der Waals surface area (Å²) in [7, 11) is 0. The number of benzene rings is 1. The molecule has 2 aromatic heterocycles. The molecule has 1 aliphatic rings. The minimum Gasteiger partial charge on any atom is -0.227 e. The predicted molar refractivity (Wildman–Crippen MR) is 95.4 cm³/mol. The minimum atomic E-state index is 0.517. The summed E-state index contributed by atoms with van der Waals surface area (Å²) in [6.45, 7) is 0. The van der Waals surface area contributed by atoms with Crippen molar-refractivity contribution in [1.29, 1.82) is 0 Å². The quantitative estimate of drug-likeness (QED) is 0.502. The van der Waals surface area contributed by atoms with E-state index in [4.69, 9.17) is 11.6 Å². The maximum atomic E-state index is 6.33. The molecule has 0 atom stereocenters. The fourth-order valence-corrected chi connectivity index (χ4v) is 5.33. The molecule has 0 unspecified atom stereocenters. The van der Waals surface area contributed by atoms with Crippen molar-refractivity contribution < 1.29 is 0 Å². The molecule has 3 aromatic rings. The van der Waals surface area contributed by atoms with E-state index in [9.17, 15) is 0 Å². The van der Waals surface area contributed by atoms with Crippen molar-refractivity contribution in [1.82, 2.24) is 9.97 Å². The summed E-state index contributed by atoms with van der Waals surface area (Å²) in [5.74, 6) is 3.03. The fraction of sp³-hybridized carbons (Fsp3) is 0.200. The number of nitrogens with zero attached hydrogens (tertiary/aromatic N) is 2. The molecule has 1 aromatic carbocycles. The molecule has 6 heteroatoms. The highest BCUT2D eigenvalue weighted by atomic mass is 79.9. The molecule has 0 fully saturated rings. The maximum absolute atomic E-state index is 6.33. The predicted octanol–water partition coefficient (Wildman–Crippen LogP) is 5.56. The first kappa shape index (κ1) is 14.0. The molecular weight excluding hydrogens is 388 g/mol. The van der Waals surface area contributed by atoms with Gasteiger partial charge in [0.25, 0.3) is 0 Å². The van der Waals surface area contributed by atoms with E-state index >= 15 is 0 Å². The molecule has 0 saturated heterocycles. The average molecular weight is 398 g/mol. The Morgan fingerprint density at radius 1 is 1.19 bits per heavy atom. The Kier molecular flexibility index (Phi) is 3.69. The van der Waals surface area contributed by atoms with Crippen LogP contribution in [0.15, 0.2) is 28.7 Å². The molecule has 1 aliphatic heterocycles. The largest absolute Gasteiger partial charge is 0.227 e. The zero-order chi connectivity index (χ0) is 14.4. The van der Waals surface area contributed by atoms with Gasteiger partial charge in [0.2, 0.25) is 0 Å². The van der Waals surface area contributed by atoms with E-state index in [1.54, 1.807) is 11.3 Å². The molecule has 0 amide bonds. The van der Waals surface area contributed by atoms with E-state index in [2.05, 4.69) is 32.0 Å². The van der Waals surface area contributed by atoms with Crippen LogP contribution in [0.25, 0.3) is 21.6 Å². The van der Waals surface area contributed by atoms with Crippen molar-refractivity contribution in [2.24, 2.45) is 0 Å². The lowest BCUT2D eigenvalue weighted by Crippen LogP contribution is -1.96. The molecular formula is C15H10BrClN2S2. The lowest BCUT2D eigenvalue weighted by molar-refractivity contribution is 1.13. The Bertz CT molecular complexity index is 824. The van der Waals surface area contributed by atoms with E-state index < -0.39 is 0 Å². The first-order valence-electron chi connectivity index (χ1n) is 6.53. The first-order chi connectivity index (χ1) is 10.2. The van der Waals surface area contributed by atoms with Crippen molar-refractivity contribution in [2.75, 3.05) is 5.75 Å². The van der Waals surface area contributed by atoms with Gasteiger partial charge >= 0.3 is 0 Å².